The summed E-state index contributed by atoms with van der Waals surface area (Å²) in [5.74, 6) is -0.525. The lowest BCUT2D eigenvalue weighted by Gasteiger charge is -2.07. The van der Waals surface area contributed by atoms with E-state index in [0.717, 1.165) is 16.7 Å². The van der Waals surface area contributed by atoms with Gasteiger partial charge in [-0.1, -0.05) is 72.8 Å². The summed E-state index contributed by atoms with van der Waals surface area (Å²) < 4.78 is 0. The third kappa shape index (κ3) is 5.60. The summed E-state index contributed by atoms with van der Waals surface area (Å²) in [7, 11) is 0. The molecule has 0 bridgehead atoms. The van der Waals surface area contributed by atoms with Crippen LogP contribution in [0.1, 0.15) is 33.2 Å². The Morgan fingerprint density at radius 3 is 1.73 bits per heavy atom. The van der Waals surface area contributed by atoms with Crippen LogP contribution in [0.3, 0.4) is 0 Å². The molecule has 0 spiro atoms. The Balaban J connectivity index is 1.36. The number of amides is 2. The third-order valence-electron chi connectivity index (χ3n) is 5.18. The van der Waals surface area contributed by atoms with Gasteiger partial charge in [-0.3, -0.25) is 9.59 Å². The maximum atomic E-state index is 12.5. The minimum Gasteiger partial charge on any atom is -0.322 e. The first kappa shape index (κ1) is 21.7. The Hall–Kier alpha value is -4.51. The van der Waals surface area contributed by atoms with Crippen LogP contribution in [0.25, 0.3) is 11.1 Å². The van der Waals surface area contributed by atoms with E-state index in [1.807, 2.05) is 67.6 Å². The number of hydrogen-bond donors (Lipinski definition) is 2. The van der Waals surface area contributed by atoms with Crippen LogP contribution in [0.15, 0.2) is 114 Å². The van der Waals surface area contributed by atoms with Gasteiger partial charge in [0.05, 0.1) is 5.71 Å². The summed E-state index contributed by atoms with van der Waals surface area (Å²) in [5, 5.41) is 7.05. The normalized spacial score (nSPS) is 11.0. The SMILES string of the molecule is C/C(=N\NC(=O)c1ccc(NC(=O)c2ccccc2)cc1)c1ccc(-c2ccccc2)cc1. The Bertz CT molecular complexity index is 1260. The maximum Gasteiger partial charge on any atom is 0.271 e. The topological polar surface area (TPSA) is 70.6 Å². The van der Waals surface area contributed by atoms with Crippen molar-refractivity contribution in [1.29, 1.82) is 0 Å². The molecular formula is C28H23N3O2. The third-order valence-corrected chi connectivity index (χ3v) is 5.18. The average Bonchev–Trinajstić information content (AvgIpc) is 2.88. The van der Waals surface area contributed by atoms with Crippen LogP contribution in [0.2, 0.25) is 0 Å². The highest BCUT2D eigenvalue weighted by atomic mass is 16.2. The Morgan fingerprint density at radius 2 is 1.09 bits per heavy atom. The molecule has 0 radical (unpaired) electrons. The van der Waals surface area contributed by atoms with Crippen molar-refractivity contribution in [3.63, 3.8) is 0 Å². The Morgan fingerprint density at radius 1 is 0.576 bits per heavy atom. The number of hydrogen-bond acceptors (Lipinski definition) is 3. The predicted molar refractivity (Wildman–Crippen MR) is 132 cm³/mol. The van der Waals surface area contributed by atoms with Gasteiger partial charge in [0.1, 0.15) is 0 Å². The average molecular weight is 434 g/mol. The molecule has 0 heterocycles. The number of rotatable bonds is 6. The molecule has 4 rings (SSSR count). The number of benzene rings is 4. The predicted octanol–water partition coefficient (Wildman–Crippen LogP) is 5.76. The molecule has 4 aromatic carbocycles. The fourth-order valence-corrected chi connectivity index (χ4v) is 3.30. The summed E-state index contributed by atoms with van der Waals surface area (Å²) in [4.78, 5) is 24.7. The molecule has 33 heavy (non-hydrogen) atoms. The fourth-order valence-electron chi connectivity index (χ4n) is 3.30. The monoisotopic (exact) mass is 433 g/mol. The second-order valence-electron chi connectivity index (χ2n) is 7.48. The fraction of sp³-hybridized carbons (Fsp3) is 0.0357. The lowest BCUT2D eigenvalue weighted by Crippen LogP contribution is -2.19. The van der Waals surface area contributed by atoms with E-state index >= 15 is 0 Å². The number of nitrogens with one attached hydrogen (secondary N) is 2. The molecule has 4 aromatic rings. The molecule has 0 fully saturated rings. The molecule has 162 valence electrons. The van der Waals surface area contributed by atoms with Crippen LogP contribution in [-0.4, -0.2) is 17.5 Å². The van der Waals surface area contributed by atoms with Crippen LogP contribution < -0.4 is 10.7 Å². The van der Waals surface area contributed by atoms with Crippen molar-refractivity contribution in [2.75, 3.05) is 5.32 Å². The number of anilines is 1. The maximum absolute atomic E-state index is 12.5. The Labute approximate surface area is 192 Å². The molecule has 0 aliphatic rings. The highest BCUT2D eigenvalue weighted by Crippen LogP contribution is 2.19. The zero-order valence-corrected chi connectivity index (χ0v) is 18.2. The van der Waals surface area contributed by atoms with Crippen molar-refractivity contribution < 1.29 is 9.59 Å². The summed E-state index contributed by atoms with van der Waals surface area (Å²) in [6, 6.07) is 33.8. The van der Waals surface area contributed by atoms with E-state index in [9.17, 15) is 9.59 Å². The molecule has 0 saturated heterocycles. The summed E-state index contributed by atoms with van der Waals surface area (Å²) in [6.45, 7) is 1.85. The van der Waals surface area contributed by atoms with Gasteiger partial charge in [-0.15, -0.1) is 0 Å². The van der Waals surface area contributed by atoms with E-state index in [2.05, 4.69) is 28.0 Å². The molecule has 0 aliphatic carbocycles. The molecule has 0 saturated carbocycles. The molecule has 5 heteroatoms. The zero-order chi connectivity index (χ0) is 23.0. The van der Waals surface area contributed by atoms with Gasteiger partial charge in [0.2, 0.25) is 0 Å². The molecule has 2 amide bonds. The lowest BCUT2D eigenvalue weighted by molar-refractivity contribution is 0.0954. The molecule has 0 unspecified atom stereocenters. The molecule has 0 atom stereocenters. The second kappa shape index (κ2) is 10.2. The van der Waals surface area contributed by atoms with Crippen molar-refractivity contribution >= 4 is 23.2 Å². The highest BCUT2D eigenvalue weighted by Gasteiger charge is 2.08. The number of carbonyl (C=O) groups is 2. The Kier molecular flexibility index (Phi) is 6.71. The summed E-state index contributed by atoms with van der Waals surface area (Å²) >= 11 is 0. The van der Waals surface area contributed by atoms with Crippen molar-refractivity contribution in [1.82, 2.24) is 5.43 Å². The first-order chi connectivity index (χ1) is 16.1. The van der Waals surface area contributed by atoms with Gasteiger partial charge in [0.15, 0.2) is 0 Å². The largest absolute Gasteiger partial charge is 0.322 e. The van der Waals surface area contributed by atoms with Crippen molar-refractivity contribution in [2.45, 2.75) is 6.92 Å². The van der Waals surface area contributed by atoms with Gasteiger partial charge < -0.3 is 5.32 Å². The van der Waals surface area contributed by atoms with Gasteiger partial charge in [-0.05, 0) is 60.0 Å². The van der Waals surface area contributed by atoms with Crippen molar-refractivity contribution in [3.05, 3.63) is 126 Å². The molecule has 2 N–H and O–H groups in total. The minimum atomic E-state index is -0.323. The first-order valence-electron chi connectivity index (χ1n) is 10.6. The van der Waals surface area contributed by atoms with Gasteiger partial charge in [0, 0.05) is 16.8 Å². The highest BCUT2D eigenvalue weighted by molar-refractivity contribution is 6.04. The number of hydrazone groups is 1. The van der Waals surface area contributed by atoms with Gasteiger partial charge in [-0.2, -0.15) is 5.10 Å². The van der Waals surface area contributed by atoms with E-state index in [0.29, 0.717) is 22.5 Å². The van der Waals surface area contributed by atoms with Crippen LogP contribution in [0.5, 0.6) is 0 Å². The summed E-state index contributed by atoms with van der Waals surface area (Å²) in [5.41, 5.74) is 8.12. The van der Waals surface area contributed by atoms with Gasteiger partial charge >= 0.3 is 0 Å². The van der Waals surface area contributed by atoms with Gasteiger partial charge in [0.25, 0.3) is 11.8 Å². The zero-order valence-electron chi connectivity index (χ0n) is 18.2. The number of carbonyl (C=O) groups excluding carboxylic acids is 2. The number of nitrogens with zero attached hydrogens (tertiary/aromatic N) is 1. The van der Waals surface area contributed by atoms with E-state index in [4.69, 9.17) is 0 Å². The van der Waals surface area contributed by atoms with Crippen molar-refractivity contribution in [2.24, 2.45) is 5.10 Å². The van der Waals surface area contributed by atoms with E-state index < -0.39 is 0 Å². The quantitative estimate of drug-likeness (QED) is 0.300. The van der Waals surface area contributed by atoms with Crippen LogP contribution in [0, 0.1) is 0 Å². The smallest absolute Gasteiger partial charge is 0.271 e. The van der Waals surface area contributed by atoms with Crippen LogP contribution in [0.4, 0.5) is 5.69 Å². The molecule has 0 aliphatic heterocycles. The van der Waals surface area contributed by atoms with Crippen LogP contribution >= 0.6 is 0 Å². The first-order valence-corrected chi connectivity index (χ1v) is 10.6. The van der Waals surface area contributed by atoms with E-state index in [-0.39, 0.29) is 11.8 Å². The summed E-state index contributed by atoms with van der Waals surface area (Å²) in [6.07, 6.45) is 0. The van der Waals surface area contributed by atoms with E-state index in [1.54, 1.807) is 36.4 Å². The lowest BCUT2D eigenvalue weighted by atomic mass is 10.0. The molecular weight excluding hydrogens is 410 g/mol. The molecule has 5 nitrogen and oxygen atoms in total. The second-order valence-corrected chi connectivity index (χ2v) is 7.48. The minimum absolute atomic E-state index is 0.202. The van der Waals surface area contributed by atoms with Crippen LogP contribution in [-0.2, 0) is 0 Å². The van der Waals surface area contributed by atoms with Crippen molar-refractivity contribution in [3.8, 4) is 11.1 Å². The standard InChI is InChI=1S/C28H23N3O2/c1-20(21-12-14-23(15-13-21)22-8-4-2-5-9-22)30-31-28(33)25-16-18-26(19-17-25)29-27(32)24-10-6-3-7-11-24/h2-19H,1H3,(H,29,32)(H,31,33)/b30-20+. The molecule has 0 aromatic heterocycles. The van der Waals surface area contributed by atoms with Gasteiger partial charge in [-0.25, -0.2) is 5.43 Å². The van der Waals surface area contributed by atoms with E-state index in [1.165, 1.54) is 0 Å².